The molecule has 5 heteroatoms. The van der Waals surface area contributed by atoms with Crippen LogP contribution in [-0.2, 0) is 10.3 Å². The second-order valence-electron chi connectivity index (χ2n) is 4.71. The summed E-state index contributed by atoms with van der Waals surface area (Å²) in [5.41, 5.74) is 5.32. The highest BCUT2D eigenvalue weighted by Crippen LogP contribution is 2.34. The molecule has 0 radical (unpaired) electrons. The van der Waals surface area contributed by atoms with Gasteiger partial charge in [-0.05, 0) is 26.3 Å². The first-order chi connectivity index (χ1) is 7.55. The highest BCUT2D eigenvalue weighted by molar-refractivity contribution is 7.09. The van der Waals surface area contributed by atoms with E-state index in [0.717, 1.165) is 11.6 Å². The number of carbonyl (C=O) groups excluding carboxylic acids is 1. The Bertz CT molecular complexity index is 375. The smallest absolute Gasteiger partial charge is 0.223 e. The number of nitrogens with zero attached hydrogens (tertiary/aromatic N) is 2. The molecule has 1 aliphatic rings. The molecule has 1 aromatic heterocycles. The predicted octanol–water partition coefficient (Wildman–Crippen LogP) is 1.19. The second kappa shape index (κ2) is 4.14. The standard InChI is InChI=1S/C11H17N3OS/c1-11(2,10-13-3-4-16-10)14-7-8(6-12)5-9(14)15/h3-4,8H,5-7,12H2,1-2H3. The number of amides is 1. The van der Waals surface area contributed by atoms with E-state index in [1.54, 1.807) is 17.5 Å². The van der Waals surface area contributed by atoms with E-state index < -0.39 is 0 Å². The summed E-state index contributed by atoms with van der Waals surface area (Å²) in [6.07, 6.45) is 2.36. The molecule has 2 N–H and O–H groups in total. The molecule has 4 nitrogen and oxygen atoms in total. The van der Waals surface area contributed by atoms with Gasteiger partial charge in [0.15, 0.2) is 0 Å². The molecule has 1 aliphatic heterocycles. The Morgan fingerprint density at radius 2 is 2.44 bits per heavy atom. The fourth-order valence-corrected chi connectivity index (χ4v) is 2.89. The number of carbonyl (C=O) groups is 1. The van der Waals surface area contributed by atoms with Crippen LogP contribution in [0, 0.1) is 5.92 Å². The fraction of sp³-hybridized carbons (Fsp3) is 0.636. The maximum Gasteiger partial charge on any atom is 0.223 e. The van der Waals surface area contributed by atoms with Crippen molar-refractivity contribution in [2.24, 2.45) is 11.7 Å². The van der Waals surface area contributed by atoms with Gasteiger partial charge in [0.25, 0.3) is 0 Å². The predicted molar refractivity (Wildman–Crippen MR) is 64.0 cm³/mol. The number of rotatable bonds is 3. The van der Waals surface area contributed by atoms with Gasteiger partial charge in [-0.1, -0.05) is 0 Å². The second-order valence-corrected chi connectivity index (χ2v) is 5.60. The van der Waals surface area contributed by atoms with Crippen LogP contribution in [-0.4, -0.2) is 28.9 Å². The molecule has 0 bridgehead atoms. The summed E-state index contributed by atoms with van der Waals surface area (Å²) in [7, 11) is 0. The molecule has 0 aromatic carbocycles. The van der Waals surface area contributed by atoms with E-state index in [1.807, 2.05) is 24.1 Å². The summed E-state index contributed by atoms with van der Waals surface area (Å²) in [6, 6.07) is 0. The highest BCUT2D eigenvalue weighted by atomic mass is 32.1. The third-order valence-electron chi connectivity index (χ3n) is 3.17. The average Bonchev–Trinajstić information content (AvgIpc) is 2.85. The van der Waals surface area contributed by atoms with Crippen LogP contribution in [0.3, 0.4) is 0 Å². The molecular weight excluding hydrogens is 222 g/mol. The van der Waals surface area contributed by atoms with Gasteiger partial charge in [-0.25, -0.2) is 4.98 Å². The monoisotopic (exact) mass is 239 g/mol. The summed E-state index contributed by atoms with van der Waals surface area (Å²) in [4.78, 5) is 18.1. The number of hydrogen-bond donors (Lipinski definition) is 1. The number of thiazole rings is 1. The molecule has 1 unspecified atom stereocenters. The van der Waals surface area contributed by atoms with Crippen LogP contribution in [0.1, 0.15) is 25.3 Å². The average molecular weight is 239 g/mol. The van der Waals surface area contributed by atoms with Crippen LogP contribution in [0.5, 0.6) is 0 Å². The Balaban J connectivity index is 2.22. The van der Waals surface area contributed by atoms with E-state index in [-0.39, 0.29) is 11.4 Å². The fourth-order valence-electron chi connectivity index (χ4n) is 2.12. The van der Waals surface area contributed by atoms with Crippen molar-refractivity contribution in [3.05, 3.63) is 16.6 Å². The van der Waals surface area contributed by atoms with Gasteiger partial charge in [0.1, 0.15) is 5.01 Å². The molecular formula is C11H17N3OS. The Morgan fingerprint density at radius 3 is 2.94 bits per heavy atom. The van der Waals surface area contributed by atoms with Crippen molar-refractivity contribution in [3.8, 4) is 0 Å². The quantitative estimate of drug-likeness (QED) is 0.862. The Morgan fingerprint density at radius 1 is 1.69 bits per heavy atom. The Hall–Kier alpha value is -0.940. The number of nitrogens with two attached hydrogens (primary N) is 1. The summed E-state index contributed by atoms with van der Waals surface area (Å²) in [6.45, 7) is 5.42. The van der Waals surface area contributed by atoms with Gasteiger partial charge in [0, 0.05) is 24.5 Å². The van der Waals surface area contributed by atoms with Gasteiger partial charge in [-0.3, -0.25) is 4.79 Å². The van der Waals surface area contributed by atoms with E-state index in [2.05, 4.69) is 4.98 Å². The molecule has 2 heterocycles. The lowest BCUT2D eigenvalue weighted by Crippen LogP contribution is -2.42. The minimum Gasteiger partial charge on any atom is -0.331 e. The van der Waals surface area contributed by atoms with Gasteiger partial charge >= 0.3 is 0 Å². The third kappa shape index (κ3) is 1.85. The lowest BCUT2D eigenvalue weighted by atomic mass is 10.0. The van der Waals surface area contributed by atoms with Crippen LogP contribution in [0.15, 0.2) is 11.6 Å². The van der Waals surface area contributed by atoms with E-state index in [0.29, 0.717) is 18.9 Å². The van der Waals surface area contributed by atoms with Gasteiger partial charge < -0.3 is 10.6 Å². The Kier molecular flexibility index (Phi) is 2.99. The van der Waals surface area contributed by atoms with Crippen molar-refractivity contribution >= 4 is 17.2 Å². The summed E-state index contributed by atoms with van der Waals surface area (Å²) < 4.78 is 0. The van der Waals surface area contributed by atoms with Gasteiger partial charge in [-0.15, -0.1) is 11.3 Å². The molecule has 1 atom stereocenters. The zero-order chi connectivity index (χ0) is 11.8. The van der Waals surface area contributed by atoms with Crippen LogP contribution in [0.4, 0.5) is 0 Å². The third-order valence-corrected chi connectivity index (χ3v) is 4.25. The number of likely N-dealkylation sites (tertiary alicyclic amines) is 1. The molecule has 1 amide bonds. The summed E-state index contributed by atoms with van der Waals surface area (Å²) in [5.74, 6) is 0.488. The van der Waals surface area contributed by atoms with Crippen molar-refractivity contribution in [2.45, 2.75) is 25.8 Å². The normalized spacial score (nSPS) is 21.8. The largest absolute Gasteiger partial charge is 0.331 e. The maximum atomic E-state index is 11.9. The SMILES string of the molecule is CC(C)(c1nccs1)N1CC(CN)CC1=O. The maximum absolute atomic E-state index is 11.9. The van der Waals surface area contributed by atoms with Crippen LogP contribution < -0.4 is 5.73 Å². The van der Waals surface area contributed by atoms with Crippen molar-refractivity contribution in [2.75, 3.05) is 13.1 Å². The lowest BCUT2D eigenvalue weighted by molar-refractivity contribution is -0.132. The molecule has 88 valence electrons. The molecule has 0 spiro atoms. The van der Waals surface area contributed by atoms with Crippen LogP contribution >= 0.6 is 11.3 Å². The molecule has 1 saturated heterocycles. The lowest BCUT2D eigenvalue weighted by Gasteiger charge is -2.34. The number of hydrogen-bond acceptors (Lipinski definition) is 4. The first kappa shape index (κ1) is 11.5. The van der Waals surface area contributed by atoms with Gasteiger partial charge in [-0.2, -0.15) is 0 Å². The minimum absolute atomic E-state index is 0.190. The van der Waals surface area contributed by atoms with Gasteiger partial charge in [0.2, 0.25) is 5.91 Å². The van der Waals surface area contributed by atoms with Crippen molar-refractivity contribution in [1.29, 1.82) is 0 Å². The van der Waals surface area contributed by atoms with Gasteiger partial charge in [0.05, 0.1) is 5.54 Å². The molecule has 2 rings (SSSR count). The van der Waals surface area contributed by atoms with Crippen LogP contribution in [0.25, 0.3) is 0 Å². The first-order valence-electron chi connectivity index (χ1n) is 5.46. The molecule has 0 aliphatic carbocycles. The molecule has 1 aromatic rings. The number of aromatic nitrogens is 1. The van der Waals surface area contributed by atoms with Crippen LogP contribution in [0.2, 0.25) is 0 Å². The van der Waals surface area contributed by atoms with Crippen molar-refractivity contribution in [3.63, 3.8) is 0 Å². The van der Waals surface area contributed by atoms with Crippen molar-refractivity contribution in [1.82, 2.24) is 9.88 Å². The molecule has 16 heavy (non-hydrogen) atoms. The van der Waals surface area contributed by atoms with E-state index in [9.17, 15) is 4.79 Å². The van der Waals surface area contributed by atoms with E-state index in [1.165, 1.54) is 0 Å². The van der Waals surface area contributed by atoms with E-state index >= 15 is 0 Å². The zero-order valence-corrected chi connectivity index (χ0v) is 10.5. The topological polar surface area (TPSA) is 59.2 Å². The first-order valence-corrected chi connectivity index (χ1v) is 6.34. The summed E-state index contributed by atoms with van der Waals surface area (Å²) in [5, 5.41) is 2.93. The Labute approximate surface area is 99.5 Å². The zero-order valence-electron chi connectivity index (χ0n) is 9.64. The molecule has 1 fully saturated rings. The highest BCUT2D eigenvalue weighted by Gasteiger charge is 2.40. The van der Waals surface area contributed by atoms with Crippen molar-refractivity contribution < 1.29 is 4.79 Å². The summed E-state index contributed by atoms with van der Waals surface area (Å²) >= 11 is 1.59. The minimum atomic E-state index is -0.310. The van der Waals surface area contributed by atoms with E-state index in [4.69, 9.17) is 5.73 Å². The molecule has 0 saturated carbocycles.